The molecule has 184 valence electrons. The van der Waals surface area contributed by atoms with Crippen molar-refractivity contribution in [1.29, 1.82) is 0 Å². The summed E-state index contributed by atoms with van der Waals surface area (Å²) in [4.78, 5) is 37.9. The fourth-order valence-electron chi connectivity index (χ4n) is 3.15. The summed E-state index contributed by atoms with van der Waals surface area (Å²) in [5, 5.41) is 14.0. The Labute approximate surface area is 198 Å². The normalized spacial score (nSPS) is 11.8. The molecule has 2 amide bonds. The van der Waals surface area contributed by atoms with E-state index in [0.717, 1.165) is 5.56 Å². The summed E-state index contributed by atoms with van der Waals surface area (Å²) >= 11 is 0. The standard InChI is InChI=1S/C24H31N3O7/c1-16(23(29)25-24(2,3)4)26(14-17-8-7-9-18(12-17)32-5)22(28)15-34-19-10-11-20(27(30)31)21(13-19)33-6/h7-13,16H,14-15H2,1-6H3,(H,25,29). The molecule has 0 spiro atoms. The number of rotatable bonds is 10. The van der Waals surface area contributed by atoms with E-state index in [0.29, 0.717) is 5.75 Å². The van der Waals surface area contributed by atoms with E-state index in [4.69, 9.17) is 14.2 Å². The first kappa shape index (κ1) is 26.4. The lowest BCUT2D eigenvalue weighted by atomic mass is 10.1. The van der Waals surface area contributed by atoms with Crippen molar-refractivity contribution in [3.8, 4) is 17.2 Å². The smallest absolute Gasteiger partial charge is 0.311 e. The van der Waals surface area contributed by atoms with Gasteiger partial charge in [-0.05, 0) is 51.5 Å². The number of hydrogen-bond donors (Lipinski definition) is 1. The maximum absolute atomic E-state index is 13.2. The van der Waals surface area contributed by atoms with Gasteiger partial charge < -0.3 is 24.4 Å². The molecule has 10 nitrogen and oxygen atoms in total. The van der Waals surface area contributed by atoms with Crippen molar-refractivity contribution < 1.29 is 28.7 Å². The molecule has 2 rings (SSSR count). The summed E-state index contributed by atoms with van der Waals surface area (Å²) in [6.45, 7) is 7.00. The number of carbonyl (C=O) groups is 2. The summed E-state index contributed by atoms with van der Waals surface area (Å²) in [6, 6.07) is 10.4. The molecule has 0 saturated heterocycles. The first-order chi connectivity index (χ1) is 15.9. The second kappa shape index (κ2) is 11.4. The first-order valence-electron chi connectivity index (χ1n) is 10.6. The van der Waals surface area contributed by atoms with Crippen LogP contribution in [0.1, 0.15) is 33.3 Å². The molecule has 2 aromatic rings. The highest BCUT2D eigenvalue weighted by atomic mass is 16.6. The van der Waals surface area contributed by atoms with Crippen molar-refractivity contribution in [2.45, 2.75) is 45.8 Å². The van der Waals surface area contributed by atoms with Crippen LogP contribution in [0.5, 0.6) is 17.2 Å². The van der Waals surface area contributed by atoms with Crippen LogP contribution in [0, 0.1) is 10.1 Å². The molecule has 0 heterocycles. The molecule has 0 aromatic heterocycles. The number of amides is 2. The summed E-state index contributed by atoms with van der Waals surface area (Å²) < 4.78 is 15.9. The van der Waals surface area contributed by atoms with Crippen LogP contribution in [0.3, 0.4) is 0 Å². The molecule has 1 unspecified atom stereocenters. The third kappa shape index (κ3) is 7.36. The quantitative estimate of drug-likeness (QED) is 0.415. The van der Waals surface area contributed by atoms with Gasteiger partial charge in [-0.2, -0.15) is 0 Å². The van der Waals surface area contributed by atoms with Gasteiger partial charge in [0.2, 0.25) is 11.7 Å². The number of benzene rings is 2. The van der Waals surface area contributed by atoms with Gasteiger partial charge in [0, 0.05) is 24.2 Å². The molecule has 10 heteroatoms. The molecule has 1 N–H and O–H groups in total. The zero-order valence-electron chi connectivity index (χ0n) is 20.3. The van der Waals surface area contributed by atoms with E-state index in [2.05, 4.69) is 5.32 Å². The lowest BCUT2D eigenvalue weighted by Gasteiger charge is -2.31. The minimum Gasteiger partial charge on any atom is -0.497 e. The van der Waals surface area contributed by atoms with Gasteiger partial charge >= 0.3 is 5.69 Å². The summed E-state index contributed by atoms with van der Waals surface area (Å²) in [6.07, 6.45) is 0. The van der Waals surface area contributed by atoms with Crippen LogP contribution in [0.25, 0.3) is 0 Å². The number of nitrogens with one attached hydrogen (secondary N) is 1. The monoisotopic (exact) mass is 473 g/mol. The van der Waals surface area contributed by atoms with Gasteiger partial charge in [-0.25, -0.2) is 0 Å². The van der Waals surface area contributed by atoms with Crippen LogP contribution >= 0.6 is 0 Å². The molecule has 0 bridgehead atoms. The van der Waals surface area contributed by atoms with Gasteiger partial charge in [0.05, 0.1) is 19.1 Å². The van der Waals surface area contributed by atoms with E-state index in [1.807, 2.05) is 26.8 Å². The average molecular weight is 474 g/mol. The van der Waals surface area contributed by atoms with E-state index in [1.54, 1.807) is 32.2 Å². The number of carbonyl (C=O) groups excluding carboxylic acids is 2. The molecule has 34 heavy (non-hydrogen) atoms. The molecule has 0 aliphatic heterocycles. The van der Waals surface area contributed by atoms with E-state index >= 15 is 0 Å². The van der Waals surface area contributed by atoms with Crippen LogP contribution in [-0.2, 0) is 16.1 Å². The Morgan fingerprint density at radius 3 is 2.38 bits per heavy atom. The van der Waals surface area contributed by atoms with Gasteiger partial charge in [0.25, 0.3) is 5.91 Å². The molecule has 0 aliphatic rings. The van der Waals surface area contributed by atoms with Crippen LogP contribution in [0.4, 0.5) is 5.69 Å². The van der Waals surface area contributed by atoms with E-state index < -0.39 is 22.4 Å². The van der Waals surface area contributed by atoms with Crippen molar-refractivity contribution in [3.05, 3.63) is 58.1 Å². The fourth-order valence-corrected chi connectivity index (χ4v) is 3.15. The zero-order chi connectivity index (χ0) is 25.5. The van der Waals surface area contributed by atoms with Crippen LogP contribution in [0.15, 0.2) is 42.5 Å². The number of methoxy groups -OCH3 is 2. The Kier molecular flexibility index (Phi) is 8.83. The van der Waals surface area contributed by atoms with Gasteiger partial charge in [-0.1, -0.05) is 12.1 Å². The third-order valence-corrected chi connectivity index (χ3v) is 4.86. The Bertz CT molecular complexity index is 1030. The SMILES string of the molecule is COc1cccc(CN(C(=O)COc2ccc([N+](=O)[O-])c(OC)c2)C(C)C(=O)NC(C)(C)C)c1. The van der Waals surface area contributed by atoms with Gasteiger partial charge in [0.15, 0.2) is 6.61 Å². The van der Waals surface area contributed by atoms with Gasteiger partial charge in [0.1, 0.15) is 17.5 Å². The van der Waals surface area contributed by atoms with Crippen molar-refractivity contribution in [2.24, 2.45) is 0 Å². The van der Waals surface area contributed by atoms with Crippen molar-refractivity contribution in [1.82, 2.24) is 10.2 Å². The molecular formula is C24H31N3O7. The molecule has 0 aliphatic carbocycles. The molecular weight excluding hydrogens is 442 g/mol. The lowest BCUT2D eigenvalue weighted by molar-refractivity contribution is -0.385. The highest BCUT2D eigenvalue weighted by molar-refractivity contribution is 5.88. The van der Waals surface area contributed by atoms with Crippen molar-refractivity contribution in [3.63, 3.8) is 0 Å². The minimum absolute atomic E-state index is 0.0149. The number of nitro benzene ring substituents is 1. The molecule has 0 saturated carbocycles. The predicted molar refractivity (Wildman–Crippen MR) is 126 cm³/mol. The summed E-state index contributed by atoms with van der Waals surface area (Å²) in [5.41, 5.74) is 0.0929. The second-order valence-electron chi connectivity index (χ2n) is 8.67. The predicted octanol–water partition coefficient (Wildman–Crippen LogP) is 3.32. The van der Waals surface area contributed by atoms with Gasteiger partial charge in [-0.3, -0.25) is 19.7 Å². The van der Waals surface area contributed by atoms with E-state index in [9.17, 15) is 19.7 Å². The molecule has 2 aromatic carbocycles. The lowest BCUT2D eigenvalue weighted by Crippen LogP contribution is -2.53. The van der Waals surface area contributed by atoms with Crippen LogP contribution in [0.2, 0.25) is 0 Å². The van der Waals surface area contributed by atoms with Crippen LogP contribution in [-0.4, -0.2) is 54.0 Å². The Morgan fingerprint density at radius 2 is 1.79 bits per heavy atom. The van der Waals surface area contributed by atoms with E-state index in [1.165, 1.54) is 30.2 Å². The number of hydrogen-bond acceptors (Lipinski definition) is 7. The zero-order valence-corrected chi connectivity index (χ0v) is 20.3. The first-order valence-corrected chi connectivity index (χ1v) is 10.6. The second-order valence-corrected chi connectivity index (χ2v) is 8.67. The molecule has 0 radical (unpaired) electrons. The Balaban J connectivity index is 2.24. The number of ether oxygens (including phenoxy) is 3. The maximum atomic E-state index is 13.2. The van der Waals surface area contributed by atoms with E-state index in [-0.39, 0.29) is 36.2 Å². The van der Waals surface area contributed by atoms with Crippen molar-refractivity contribution >= 4 is 17.5 Å². The highest BCUT2D eigenvalue weighted by Gasteiger charge is 2.29. The Morgan fingerprint density at radius 1 is 1.09 bits per heavy atom. The minimum atomic E-state index is -0.784. The largest absolute Gasteiger partial charge is 0.497 e. The highest BCUT2D eigenvalue weighted by Crippen LogP contribution is 2.30. The maximum Gasteiger partial charge on any atom is 0.311 e. The Hall–Kier alpha value is -3.82. The van der Waals surface area contributed by atoms with Crippen molar-refractivity contribution in [2.75, 3.05) is 20.8 Å². The number of nitrogens with zero attached hydrogens (tertiary/aromatic N) is 2. The summed E-state index contributed by atoms with van der Waals surface area (Å²) in [5.74, 6) is 0.133. The van der Waals surface area contributed by atoms with Gasteiger partial charge in [-0.15, -0.1) is 0 Å². The number of nitro groups is 1. The fraction of sp³-hybridized carbons (Fsp3) is 0.417. The topological polar surface area (TPSA) is 120 Å². The molecule has 1 atom stereocenters. The van der Waals surface area contributed by atoms with Crippen LogP contribution < -0.4 is 19.5 Å². The third-order valence-electron chi connectivity index (χ3n) is 4.86. The average Bonchev–Trinajstić information content (AvgIpc) is 2.79. The summed E-state index contributed by atoms with van der Waals surface area (Å²) in [7, 11) is 2.86. The molecule has 0 fully saturated rings.